The lowest BCUT2D eigenvalue weighted by Gasteiger charge is -2.42. The molecule has 2 N–H and O–H groups in total. The second-order valence-corrected chi connectivity index (χ2v) is 5.55. The molecule has 1 heterocycles. The van der Waals surface area contributed by atoms with Gasteiger partial charge in [0.1, 0.15) is 5.82 Å². The van der Waals surface area contributed by atoms with Gasteiger partial charge in [0.2, 0.25) is 0 Å². The van der Waals surface area contributed by atoms with Gasteiger partial charge in [0.15, 0.2) is 0 Å². The van der Waals surface area contributed by atoms with Crippen LogP contribution in [0.5, 0.6) is 0 Å². The number of nitrogens with zero attached hydrogens (tertiary/aromatic N) is 1. The number of morpholine rings is 1. The molecule has 1 aromatic rings. The first-order valence-electron chi connectivity index (χ1n) is 6.37. The van der Waals surface area contributed by atoms with E-state index in [0.717, 1.165) is 18.2 Å². The third-order valence-electron chi connectivity index (χ3n) is 3.47. The lowest BCUT2D eigenvalue weighted by atomic mass is 9.79. The molecule has 0 spiro atoms. The van der Waals surface area contributed by atoms with Crippen molar-refractivity contribution in [3.63, 3.8) is 0 Å². The zero-order valence-electron chi connectivity index (χ0n) is 11.3. The minimum atomic E-state index is -1.65. The Morgan fingerprint density at radius 3 is 2.74 bits per heavy atom. The van der Waals surface area contributed by atoms with Crippen molar-refractivity contribution in [2.24, 2.45) is 0 Å². The van der Waals surface area contributed by atoms with E-state index in [0.29, 0.717) is 19.8 Å². The van der Waals surface area contributed by atoms with Gasteiger partial charge >= 0.3 is 7.12 Å². The van der Waals surface area contributed by atoms with Gasteiger partial charge in [-0.05, 0) is 37.0 Å². The van der Waals surface area contributed by atoms with Gasteiger partial charge in [-0.1, -0.05) is 6.07 Å². The van der Waals surface area contributed by atoms with Crippen LogP contribution in [-0.4, -0.2) is 47.4 Å². The van der Waals surface area contributed by atoms with Gasteiger partial charge in [-0.25, -0.2) is 4.39 Å². The van der Waals surface area contributed by atoms with E-state index in [4.69, 9.17) is 14.8 Å². The molecular formula is C13H19BFNO3. The van der Waals surface area contributed by atoms with Crippen molar-refractivity contribution in [2.75, 3.05) is 19.8 Å². The van der Waals surface area contributed by atoms with Crippen molar-refractivity contribution in [1.82, 2.24) is 4.90 Å². The maximum atomic E-state index is 13.5. The van der Waals surface area contributed by atoms with Gasteiger partial charge in [-0.15, -0.1) is 0 Å². The van der Waals surface area contributed by atoms with Gasteiger partial charge in [-0.3, -0.25) is 4.90 Å². The van der Waals surface area contributed by atoms with Crippen molar-refractivity contribution < 1.29 is 19.2 Å². The van der Waals surface area contributed by atoms with Crippen LogP contribution in [0.15, 0.2) is 18.2 Å². The fourth-order valence-corrected chi connectivity index (χ4v) is 2.32. The normalized spacial score (nSPS) is 19.4. The molecule has 0 saturated carbocycles. The summed E-state index contributed by atoms with van der Waals surface area (Å²) in [7, 11) is -1.65. The molecule has 0 radical (unpaired) electrons. The molecule has 0 unspecified atom stereocenters. The van der Waals surface area contributed by atoms with E-state index < -0.39 is 12.9 Å². The first-order valence-corrected chi connectivity index (χ1v) is 6.37. The van der Waals surface area contributed by atoms with Gasteiger partial charge in [0.25, 0.3) is 0 Å². The summed E-state index contributed by atoms with van der Waals surface area (Å²) in [5.41, 5.74) is 0.807. The summed E-state index contributed by atoms with van der Waals surface area (Å²) >= 11 is 0. The molecule has 104 valence electrons. The van der Waals surface area contributed by atoms with Crippen LogP contribution in [0.2, 0.25) is 0 Å². The number of rotatable bonds is 3. The number of halogens is 1. The van der Waals surface area contributed by atoms with E-state index in [1.807, 2.05) is 0 Å². The Kier molecular flexibility index (Phi) is 4.25. The van der Waals surface area contributed by atoms with Crippen molar-refractivity contribution in [2.45, 2.75) is 25.9 Å². The van der Waals surface area contributed by atoms with Crippen molar-refractivity contribution >= 4 is 12.6 Å². The minimum Gasteiger partial charge on any atom is -0.423 e. The van der Waals surface area contributed by atoms with Crippen molar-refractivity contribution in [1.29, 1.82) is 0 Å². The third-order valence-corrected chi connectivity index (χ3v) is 3.47. The summed E-state index contributed by atoms with van der Waals surface area (Å²) in [6.07, 6.45) is 0. The first kappa shape index (κ1) is 14.5. The van der Waals surface area contributed by atoms with E-state index in [-0.39, 0.29) is 11.0 Å². The summed E-state index contributed by atoms with van der Waals surface area (Å²) in [5.74, 6) is -0.452. The Morgan fingerprint density at radius 2 is 2.11 bits per heavy atom. The molecule has 1 aliphatic heterocycles. The van der Waals surface area contributed by atoms with E-state index in [9.17, 15) is 4.39 Å². The molecule has 1 aliphatic rings. The zero-order valence-corrected chi connectivity index (χ0v) is 11.3. The van der Waals surface area contributed by atoms with Crippen LogP contribution in [0.3, 0.4) is 0 Å². The molecule has 0 aromatic heterocycles. The van der Waals surface area contributed by atoms with Crippen LogP contribution in [0, 0.1) is 5.82 Å². The summed E-state index contributed by atoms with van der Waals surface area (Å²) in [6, 6.07) is 4.19. The van der Waals surface area contributed by atoms with Crippen LogP contribution < -0.4 is 5.46 Å². The molecule has 1 fully saturated rings. The van der Waals surface area contributed by atoms with Gasteiger partial charge in [0.05, 0.1) is 13.2 Å². The molecule has 19 heavy (non-hydrogen) atoms. The summed E-state index contributed by atoms with van der Waals surface area (Å²) in [4.78, 5) is 2.21. The number of benzene rings is 1. The second kappa shape index (κ2) is 5.59. The smallest absolute Gasteiger partial charge is 0.423 e. The lowest BCUT2D eigenvalue weighted by molar-refractivity contribution is -0.0553. The highest BCUT2D eigenvalue weighted by molar-refractivity contribution is 6.58. The van der Waals surface area contributed by atoms with E-state index in [1.165, 1.54) is 6.07 Å². The lowest BCUT2D eigenvalue weighted by Crippen LogP contribution is -2.52. The van der Waals surface area contributed by atoms with Crippen LogP contribution in [-0.2, 0) is 11.3 Å². The van der Waals surface area contributed by atoms with E-state index in [2.05, 4.69) is 18.7 Å². The number of ether oxygens (including phenoxy) is 1. The summed E-state index contributed by atoms with van der Waals surface area (Å²) < 4.78 is 18.9. The highest BCUT2D eigenvalue weighted by Crippen LogP contribution is 2.21. The summed E-state index contributed by atoms with van der Waals surface area (Å²) in [5, 5.41) is 18.3. The number of hydrogen-bond acceptors (Lipinski definition) is 4. The Hall–Kier alpha value is -0.945. The largest absolute Gasteiger partial charge is 0.488 e. The average Bonchev–Trinajstić information content (AvgIpc) is 2.31. The predicted octanol–water partition coefficient (Wildman–Crippen LogP) is 0.116. The van der Waals surface area contributed by atoms with Crippen LogP contribution in [0.4, 0.5) is 4.39 Å². The molecule has 0 bridgehead atoms. The molecular weight excluding hydrogens is 248 g/mol. The topological polar surface area (TPSA) is 52.9 Å². The quantitative estimate of drug-likeness (QED) is 0.764. The minimum absolute atomic E-state index is 0.109. The standard InChI is InChI=1S/C13H19BFNO3/c1-13(2)9-19-4-3-16(13)8-10-5-11(14(17)18)7-12(15)6-10/h5-7,17-18H,3-4,8-9H2,1-2H3. The van der Waals surface area contributed by atoms with Gasteiger partial charge in [0, 0.05) is 18.6 Å². The van der Waals surface area contributed by atoms with Crippen molar-refractivity contribution in [3.05, 3.63) is 29.6 Å². The predicted molar refractivity (Wildman–Crippen MR) is 71.5 cm³/mol. The number of hydrogen-bond donors (Lipinski definition) is 2. The molecule has 0 amide bonds. The highest BCUT2D eigenvalue weighted by Gasteiger charge is 2.30. The highest BCUT2D eigenvalue weighted by atomic mass is 19.1. The molecule has 1 saturated heterocycles. The Morgan fingerprint density at radius 1 is 1.37 bits per heavy atom. The van der Waals surface area contributed by atoms with Crippen molar-refractivity contribution in [3.8, 4) is 0 Å². The van der Waals surface area contributed by atoms with Gasteiger partial charge < -0.3 is 14.8 Å². The maximum Gasteiger partial charge on any atom is 0.488 e. The first-order chi connectivity index (χ1) is 8.88. The van der Waals surface area contributed by atoms with Crippen LogP contribution in [0.25, 0.3) is 0 Å². The van der Waals surface area contributed by atoms with E-state index in [1.54, 1.807) is 6.07 Å². The molecule has 0 aliphatic carbocycles. The van der Waals surface area contributed by atoms with Gasteiger partial charge in [-0.2, -0.15) is 0 Å². The Balaban J connectivity index is 2.18. The molecule has 4 nitrogen and oxygen atoms in total. The fourth-order valence-electron chi connectivity index (χ4n) is 2.32. The molecule has 1 aromatic carbocycles. The third kappa shape index (κ3) is 3.54. The Labute approximate surface area is 113 Å². The fraction of sp³-hybridized carbons (Fsp3) is 0.538. The molecule has 6 heteroatoms. The average molecular weight is 267 g/mol. The Bertz CT molecular complexity index is 454. The molecule has 2 rings (SSSR count). The van der Waals surface area contributed by atoms with E-state index >= 15 is 0 Å². The SMILES string of the molecule is CC1(C)COCCN1Cc1cc(F)cc(B(O)O)c1. The zero-order chi connectivity index (χ0) is 14.0. The summed E-state index contributed by atoms with van der Waals surface area (Å²) in [6.45, 7) is 6.79. The maximum absolute atomic E-state index is 13.5. The van der Waals surface area contributed by atoms with Crippen LogP contribution in [0.1, 0.15) is 19.4 Å². The second-order valence-electron chi connectivity index (χ2n) is 5.55. The molecule has 0 atom stereocenters. The monoisotopic (exact) mass is 267 g/mol. The van der Waals surface area contributed by atoms with Crippen LogP contribution >= 0.6 is 0 Å².